The molecule has 21 nitrogen and oxygen atoms in total. The third-order valence-electron chi connectivity index (χ3n) is 8.53. The van der Waals surface area contributed by atoms with Crippen molar-refractivity contribution in [3.63, 3.8) is 0 Å². The molecule has 0 aromatic heterocycles. The second kappa shape index (κ2) is 14.1. The number of carbonyl (C=O) groups is 1. The van der Waals surface area contributed by atoms with Gasteiger partial charge in [0.25, 0.3) is 5.91 Å². The van der Waals surface area contributed by atoms with Gasteiger partial charge in [0.05, 0.1) is 36.9 Å². The summed E-state index contributed by atoms with van der Waals surface area (Å²) < 4.78 is 23.4. The number of nitrogens with one attached hydrogen (secondary N) is 1. The molecule has 2 aliphatic carbocycles. The third kappa shape index (κ3) is 7.56. The minimum atomic E-state index is -1.95. The maximum absolute atomic E-state index is 13.2. The first-order valence-electron chi connectivity index (χ1n) is 14.5. The molecular weight excluding hydrogens is 604 g/mol. The molecule has 4 rings (SSSR count). The first-order valence-corrected chi connectivity index (χ1v) is 14.5. The number of nitrogens with zero attached hydrogens (tertiary/aromatic N) is 2. The maximum Gasteiger partial charge on any atom is 0.254 e. The van der Waals surface area contributed by atoms with Gasteiger partial charge in [-0.3, -0.25) is 4.79 Å². The van der Waals surface area contributed by atoms with E-state index in [9.17, 15) is 35.4 Å². The van der Waals surface area contributed by atoms with Crippen molar-refractivity contribution in [2.24, 2.45) is 50.1 Å². The van der Waals surface area contributed by atoms with Crippen molar-refractivity contribution in [1.29, 1.82) is 0 Å². The summed E-state index contributed by atoms with van der Waals surface area (Å²) in [6.45, 7) is -0.752. The van der Waals surface area contributed by atoms with E-state index in [2.05, 4.69) is 15.3 Å². The Bertz CT molecular complexity index is 1100. The summed E-state index contributed by atoms with van der Waals surface area (Å²) in [5, 5.41) is 66.0. The zero-order valence-corrected chi connectivity index (χ0v) is 24.4. The number of rotatable bonds is 10. The normalized spacial score (nSPS) is 46.6. The summed E-state index contributed by atoms with van der Waals surface area (Å²) >= 11 is 0. The van der Waals surface area contributed by atoms with E-state index in [0.29, 0.717) is 0 Å². The fraction of sp³-hybridized carbons (Fsp3) is 0.875. The molecule has 16 atom stereocenters. The van der Waals surface area contributed by atoms with Gasteiger partial charge < -0.3 is 95.0 Å². The lowest BCUT2D eigenvalue weighted by molar-refractivity contribution is -0.315. The van der Waals surface area contributed by atoms with E-state index >= 15 is 0 Å². The van der Waals surface area contributed by atoms with Crippen molar-refractivity contribution in [2.45, 2.75) is 116 Å². The van der Waals surface area contributed by atoms with Crippen LogP contribution in [0.2, 0.25) is 0 Å². The lowest BCUT2D eigenvalue weighted by Gasteiger charge is -2.48. The van der Waals surface area contributed by atoms with Crippen molar-refractivity contribution < 1.29 is 54.4 Å². The molecule has 3 unspecified atom stereocenters. The summed E-state index contributed by atoms with van der Waals surface area (Å²) in [5.41, 5.74) is 38.0. The average Bonchev–Trinajstić information content (AvgIpc) is 3.62. The van der Waals surface area contributed by atoms with Gasteiger partial charge in [-0.15, -0.1) is 0 Å². The standard InChI is InChI=1S/C24H46N10O11/c25-4-10-9(36)2-8(33-22(28)29)19(42-10)44-17-6(26)1-7(32-21(40)24(41)3-12(24)34-23(30)31)18(16(17)39)45-20-15(38)13(27)14(37)11(5-35)43-20/h6-20,35-39,41H,1-5,25-27H2,(H,32,40)(H4,28,29,33)(H4,30,31,34)/t6-,7+,8+,9-,10+,11+,12?,13-,14+,15+,16-,17?,18-,19+,20+,24?/m0/s1. The molecule has 4 fully saturated rings. The van der Waals surface area contributed by atoms with Crippen LogP contribution >= 0.6 is 0 Å². The number of carbonyl (C=O) groups excluding carboxylic acids is 1. The first kappa shape index (κ1) is 35.3. The minimum Gasteiger partial charge on any atom is -0.394 e. The molecule has 2 aliphatic heterocycles. The number of aliphatic imine (C=N–C) groups is 2. The second-order valence-corrected chi connectivity index (χ2v) is 11.9. The van der Waals surface area contributed by atoms with Gasteiger partial charge in [0.1, 0.15) is 42.7 Å². The molecule has 0 bridgehead atoms. The summed E-state index contributed by atoms with van der Waals surface area (Å²) in [4.78, 5) is 21.0. The Morgan fingerprint density at radius 2 is 1.51 bits per heavy atom. The number of hydrogen-bond acceptors (Lipinski definition) is 16. The molecule has 4 aliphatic rings. The van der Waals surface area contributed by atoms with E-state index in [0.717, 1.165) is 0 Å². The van der Waals surface area contributed by atoms with Gasteiger partial charge in [0, 0.05) is 25.4 Å². The first-order chi connectivity index (χ1) is 21.1. The average molecular weight is 651 g/mol. The van der Waals surface area contributed by atoms with Gasteiger partial charge in [0.2, 0.25) is 0 Å². The van der Waals surface area contributed by atoms with Crippen molar-refractivity contribution in [1.82, 2.24) is 5.32 Å². The number of nitrogens with two attached hydrogens (primary N) is 7. The van der Waals surface area contributed by atoms with Crippen LogP contribution < -0.4 is 45.5 Å². The highest BCUT2D eigenvalue weighted by Gasteiger charge is 2.61. The highest BCUT2D eigenvalue weighted by atomic mass is 16.7. The van der Waals surface area contributed by atoms with Crippen LogP contribution in [0.1, 0.15) is 19.3 Å². The van der Waals surface area contributed by atoms with Crippen molar-refractivity contribution >= 4 is 17.8 Å². The van der Waals surface area contributed by atoms with Crippen LogP contribution in [-0.4, -0.2) is 159 Å². The van der Waals surface area contributed by atoms with Crippen molar-refractivity contribution in [2.75, 3.05) is 13.2 Å². The molecule has 21 N–H and O–H groups in total. The third-order valence-corrected chi connectivity index (χ3v) is 8.53. The number of ether oxygens (including phenoxy) is 4. The molecule has 0 aromatic rings. The van der Waals surface area contributed by atoms with Crippen LogP contribution in [0.15, 0.2) is 9.98 Å². The molecular formula is C24H46N10O11. The topological polar surface area (TPSA) is 394 Å². The molecule has 45 heavy (non-hydrogen) atoms. The number of amides is 1. The highest BCUT2D eigenvalue weighted by Crippen LogP contribution is 2.40. The fourth-order valence-electron chi connectivity index (χ4n) is 5.89. The summed E-state index contributed by atoms with van der Waals surface area (Å²) in [6, 6.07) is -5.28. The molecule has 0 aromatic carbocycles. The van der Waals surface area contributed by atoms with Gasteiger partial charge in [-0.25, -0.2) is 9.98 Å². The monoisotopic (exact) mass is 650 g/mol. The highest BCUT2D eigenvalue weighted by molar-refractivity contribution is 5.90. The largest absolute Gasteiger partial charge is 0.394 e. The number of aliphatic hydroxyl groups excluding tert-OH is 5. The Balaban J connectivity index is 1.60. The summed E-state index contributed by atoms with van der Waals surface area (Å²) in [6.07, 6.45) is -13.7. The van der Waals surface area contributed by atoms with E-state index in [1.807, 2.05) is 0 Å². The van der Waals surface area contributed by atoms with Crippen LogP contribution in [0.4, 0.5) is 0 Å². The Kier molecular flexibility index (Phi) is 11.1. The van der Waals surface area contributed by atoms with Crippen LogP contribution in [0.3, 0.4) is 0 Å². The molecule has 21 heteroatoms. The smallest absolute Gasteiger partial charge is 0.254 e. The summed E-state index contributed by atoms with van der Waals surface area (Å²) in [7, 11) is 0. The molecule has 258 valence electrons. The van der Waals surface area contributed by atoms with E-state index in [1.165, 1.54) is 0 Å². The number of guanidine groups is 2. The number of hydrogen-bond donors (Lipinski definition) is 14. The van der Waals surface area contributed by atoms with Gasteiger partial charge in [0.15, 0.2) is 30.1 Å². The molecule has 2 heterocycles. The van der Waals surface area contributed by atoms with Crippen LogP contribution in [0, 0.1) is 0 Å². The molecule has 0 spiro atoms. The SMILES string of the molecule is NC[C@H]1O[C@H](OC2[C@@H](N)C[C@@H](NC(=O)C3(O)CC3N=C(N)N)[C@H](O[C@H]3O[C@H](CO)[C@@H](O)[C@H](N)[C@H]3O)[C@H]2O)[C@H](N=C(N)N)C[C@@H]1O. The Hall–Kier alpha value is -2.51. The van der Waals surface area contributed by atoms with Crippen LogP contribution in [0.5, 0.6) is 0 Å². The van der Waals surface area contributed by atoms with Gasteiger partial charge in [-0.05, 0) is 6.42 Å². The lowest BCUT2D eigenvalue weighted by atomic mass is 9.83. The van der Waals surface area contributed by atoms with E-state index in [4.69, 9.17) is 59.1 Å². The van der Waals surface area contributed by atoms with Crippen molar-refractivity contribution in [3.8, 4) is 0 Å². The van der Waals surface area contributed by atoms with E-state index in [-0.39, 0.29) is 37.7 Å². The zero-order valence-electron chi connectivity index (χ0n) is 24.4. The second-order valence-electron chi connectivity index (χ2n) is 11.9. The summed E-state index contributed by atoms with van der Waals surface area (Å²) in [5.74, 6) is -1.53. The van der Waals surface area contributed by atoms with Gasteiger partial charge in [-0.1, -0.05) is 0 Å². The molecule has 1 amide bonds. The lowest BCUT2D eigenvalue weighted by Crippen LogP contribution is -2.69. The minimum absolute atomic E-state index is 0.00150. The Morgan fingerprint density at radius 3 is 2.11 bits per heavy atom. The van der Waals surface area contributed by atoms with E-state index in [1.54, 1.807) is 0 Å². The fourth-order valence-corrected chi connectivity index (χ4v) is 5.89. The van der Waals surface area contributed by atoms with Crippen LogP contribution in [-0.2, 0) is 23.7 Å². The predicted molar refractivity (Wildman–Crippen MR) is 153 cm³/mol. The quantitative estimate of drug-likeness (QED) is 0.0770. The van der Waals surface area contributed by atoms with E-state index < -0.39 is 110 Å². The molecule has 0 radical (unpaired) electrons. The number of aliphatic hydroxyl groups is 6. The molecule has 2 saturated carbocycles. The zero-order chi connectivity index (χ0) is 33.4. The predicted octanol–water partition coefficient (Wildman–Crippen LogP) is -9.05. The van der Waals surface area contributed by atoms with Crippen molar-refractivity contribution in [3.05, 3.63) is 0 Å². The maximum atomic E-state index is 13.2. The Morgan fingerprint density at radius 1 is 0.889 bits per heavy atom. The van der Waals surface area contributed by atoms with Gasteiger partial charge >= 0.3 is 0 Å². The van der Waals surface area contributed by atoms with Gasteiger partial charge in [-0.2, -0.15) is 0 Å². The van der Waals surface area contributed by atoms with Crippen LogP contribution in [0.25, 0.3) is 0 Å². The molecule has 2 saturated heterocycles. The Labute approximate surface area is 257 Å².